The fourth-order valence-corrected chi connectivity index (χ4v) is 3.09. The van der Waals surface area contributed by atoms with Gasteiger partial charge in [0.25, 0.3) is 0 Å². The summed E-state index contributed by atoms with van der Waals surface area (Å²) in [4.78, 5) is 14.3. The van der Waals surface area contributed by atoms with Crippen molar-refractivity contribution in [1.29, 1.82) is 0 Å². The van der Waals surface area contributed by atoms with Crippen LogP contribution in [0.5, 0.6) is 0 Å². The third kappa shape index (κ3) is 3.99. The predicted octanol–water partition coefficient (Wildman–Crippen LogP) is 3.41. The van der Waals surface area contributed by atoms with Crippen LogP contribution in [0.2, 0.25) is 0 Å². The zero-order chi connectivity index (χ0) is 18.5. The van der Waals surface area contributed by atoms with Crippen LogP contribution in [0.4, 0.5) is 0 Å². The quantitative estimate of drug-likeness (QED) is 0.671. The van der Waals surface area contributed by atoms with Gasteiger partial charge in [0.1, 0.15) is 0 Å². The Labute approximate surface area is 158 Å². The molecule has 1 fully saturated rings. The van der Waals surface area contributed by atoms with Crippen molar-refractivity contribution in [3.8, 4) is 16.9 Å². The third-order valence-corrected chi connectivity index (χ3v) is 4.54. The van der Waals surface area contributed by atoms with Crippen LogP contribution in [-0.2, 0) is 9.53 Å². The highest BCUT2D eigenvalue weighted by Gasteiger charge is 2.15. The molecule has 5 heteroatoms. The van der Waals surface area contributed by atoms with Gasteiger partial charge in [-0.15, -0.1) is 0 Å². The molecule has 0 atom stereocenters. The van der Waals surface area contributed by atoms with Crippen molar-refractivity contribution in [2.24, 2.45) is 0 Å². The van der Waals surface area contributed by atoms with Crippen LogP contribution in [0.15, 0.2) is 72.9 Å². The first-order chi connectivity index (χ1) is 13.3. The van der Waals surface area contributed by atoms with Gasteiger partial charge < -0.3 is 9.64 Å². The average Bonchev–Trinajstić information content (AvgIpc) is 3.18. The summed E-state index contributed by atoms with van der Waals surface area (Å²) in [5.74, 6) is 0.00442. The van der Waals surface area contributed by atoms with E-state index in [0.29, 0.717) is 26.3 Å². The molecule has 3 aromatic rings. The first-order valence-electron chi connectivity index (χ1n) is 9.06. The molecule has 0 unspecified atom stereocenters. The monoisotopic (exact) mass is 359 g/mol. The maximum Gasteiger partial charge on any atom is 0.246 e. The van der Waals surface area contributed by atoms with Gasteiger partial charge in [0.2, 0.25) is 5.91 Å². The van der Waals surface area contributed by atoms with Gasteiger partial charge in [-0.3, -0.25) is 4.79 Å². The predicted molar refractivity (Wildman–Crippen MR) is 105 cm³/mol. The Hall–Kier alpha value is -3.18. The smallest absolute Gasteiger partial charge is 0.246 e. The Balaban J connectivity index is 1.67. The van der Waals surface area contributed by atoms with Gasteiger partial charge in [0.15, 0.2) is 0 Å². The van der Waals surface area contributed by atoms with E-state index in [1.54, 1.807) is 6.08 Å². The molecule has 2 aromatic carbocycles. The normalized spacial score (nSPS) is 14.6. The number of carbonyl (C=O) groups excluding carboxylic acids is 1. The zero-order valence-corrected chi connectivity index (χ0v) is 15.0. The van der Waals surface area contributed by atoms with E-state index in [9.17, 15) is 4.79 Å². The minimum atomic E-state index is 0.00442. The molecule has 1 aliphatic rings. The van der Waals surface area contributed by atoms with E-state index in [2.05, 4.69) is 0 Å². The third-order valence-electron chi connectivity index (χ3n) is 4.54. The second-order valence-electron chi connectivity index (χ2n) is 6.35. The molecule has 0 N–H and O–H groups in total. The molecule has 0 radical (unpaired) electrons. The van der Waals surface area contributed by atoms with Gasteiger partial charge in [-0.05, 0) is 18.2 Å². The number of ether oxygens (including phenoxy) is 1. The lowest BCUT2D eigenvalue weighted by atomic mass is 10.1. The lowest BCUT2D eigenvalue weighted by Crippen LogP contribution is -2.39. The Morgan fingerprint density at radius 2 is 1.63 bits per heavy atom. The number of morpholine rings is 1. The molecule has 1 aliphatic heterocycles. The van der Waals surface area contributed by atoms with Crippen LogP contribution in [0.1, 0.15) is 5.56 Å². The number of para-hydroxylation sites is 1. The van der Waals surface area contributed by atoms with Crippen LogP contribution >= 0.6 is 0 Å². The molecule has 4 rings (SSSR count). The SMILES string of the molecule is O=C(/C=C/c1cn(-c2ccccc2)nc1-c1ccccc1)N1CCOCC1. The highest BCUT2D eigenvalue weighted by Crippen LogP contribution is 2.24. The molecular formula is C22H21N3O2. The summed E-state index contributed by atoms with van der Waals surface area (Å²) in [5, 5.41) is 4.76. The first-order valence-corrected chi connectivity index (χ1v) is 9.06. The summed E-state index contributed by atoms with van der Waals surface area (Å²) in [5.41, 5.74) is 3.76. The van der Waals surface area contributed by atoms with Crippen molar-refractivity contribution in [3.05, 3.63) is 78.5 Å². The van der Waals surface area contributed by atoms with Gasteiger partial charge in [0.05, 0.1) is 24.6 Å². The Bertz CT molecular complexity index is 927. The number of amides is 1. The number of benzene rings is 2. The van der Waals surface area contributed by atoms with Gasteiger partial charge in [0, 0.05) is 36.5 Å². The van der Waals surface area contributed by atoms with Crippen LogP contribution in [0.25, 0.3) is 23.0 Å². The van der Waals surface area contributed by atoms with Gasteiger partial charge >= 0.3 is 0 Å². The average molecular weight is 359 g/mol. The number of aromatic nitrogens is 2. The molecule has 136 valence electrons. The lowest BCUT2D eigenvalue weighted by Gasteiger charge is -2.25. The number of hydrogen-bond donors (Lipinski definition) is 0. The van der Waals surface area contributed by atoms with Crippen molar-refractivity contribution >= 4 is 12.0 Å². The molecule has 0 saturated carbocycles. The standard InChI is InChI=1S/C22H21N3O2/c26-21(24-13-15-27-16-14-24)12-11-19-17-25(20-9-5-2-6-10-20)23-22(19)18-7-3-1-4-8-18/h1-12,17H,13-16H2/b12-11+. The molecule has 5 nitrogen and oxygen atoms in total. The van der Waals surface area contributed by atoms with E-state index in [1.165, 1.54) is 0 Å². The molecule has 0 bridgehead atoms. The zero-order valence-electron chi connectivity index (χ0n) is 15.0. The number of carbonyl (C=O) groups is 1. The molecule has 2 heterocycles. The fraction of sp³-hybridized carbons (Fsp3) is 0.182. The Morgan fingerprint density at radius 1 is 0.963 bits per heavy atom. The van der Waals surface area contributed by atoms with E-state index >= 15 is 0 Å². The van der Waals surface area contributed by atoms with Gasteiger partial charge in [-0.2, -0.15) is 5.10 Å². The first kappa shape index (κ1) is 17.2. The van der Waals surface area contributed by atoms with Crippen LogP contribution in [0.3, 0.4) is 0 Å². The highest BCUT2D eigenvalue weighted by molar-refractivity contribution is 5.93. The molecule has 1 saturated heterocycles. The maximum atomic E-state index is 12.5. The summed E-state index contributed by atoms with van der Waals surface area (Å²) in [6.07, 6.45) is 5.44. The van der Waals surface area contributed by atoms with Crippen molar-refractivity contribution < 1.29 is 9.53 Å². The van der Waals surface area contributed by atoms with E-state index in [0.717, 1.165) is 22.5 Å². The molecule has 0 spiro atoms. The minimum absolute atomic E-state index is 0.00442. The van der Waals surface area contributed by atoms with Gasteiger partial charge in [-0.1, -0.05) is 48.5 Å². The summed E-state index contributed by atoms with van der Waals surface area (Å²) in [6, 6.07) is 20.0. The molecule has 1 amide bonds. The van der Waals surface area contributed by atoms with Crippen molar-refractivity contribution in [3.63, 3.8) is 0 Å². The van der Waals surface area contributed by atoms with Crippen molar-refractivity contribution in [1.82, 2.24) is 14.7 Å². The van der Waals surface area contributed by atoms with E-state index in [1.807, 2.05) is 82.5 Å². The molecular weight excluding hydrogens is 338 g/mol. The largest absolute Gasteiger partial charge is 0.378 e. The van der Waals surface area contributed by atoms with E-state index in [-0.39, 0.29) is 5.91 Å². The van der Waals surface area contributed by atoms with Crippen LogP contribution < -0.4 is 0 Å². The minimum Gasteiger partial charge on any atom is -0.378 e. The maximum absolute atomic E-state index is 12.5. The number of hydrogen-bond acceptors (Lipinski definition) is 3. The molecule has 1 aromatic heterocycles. The van der Waals surface area contributed by atoms with E-state index < -0.39 is 0 Å². The summed E-state index contributed by atoms with van der Waals surface area (Å²) in [6.45, 7) is 2.47. The fourth-order valence-electron chi connectivity index (χ4n) is 3.09. The summed E-state index contributed by atoms with van der Waals surface area (Å²) in [7, 11) is 0. The van der Waals surface area contributed by atoms with Crippen molar-refractivity contribution in [2.45, 2.75) is 0 Å². The number of nitrogens with zero attached hydrogens (tertiary/aromatic N) is 3. The Morgan fingerprint density at radius 3 is 2.33 bits per heavy atom. The topological polar surface area (TPSA) is 47.4 Å². The highest BCUT2D eigenvalue weighted by atomic mass is 16.5. The Kier molecular flexibility index (Phi) is 5.12. The lowest BCUT2D eigenvalue weighted by molar-refractivity contribution is -0.129. The molecule has 27 heavy (non-hydrogen) atoms. The van der Waals surface area contributed by atoms with Crippen molar-refractivity contribution in [2.75, 3.05) is 26.3 Å². The second-order valence-corrected chi connectivity index (χ2v) is 6.35. The van der Waals surface area contributed by atoms with Gasteiger partial charge in [-0.25, -0.2) is 4.68 Å². The summed E-state index contributed by atoms with van der Waals surface area (Å²) < 4.78 is 7.16. The summed E-state index contributed by atoms with van der Waals surface area (Å²) >= 11 is 0. The van der Waals surface area contributed by atoms with E-state index in [4.69, 9.17) is 9.84 Å². The van der Waals surface area contributed by atoms with Crippen LogP contribution in [-0.4, -0.2) is 46.9 Å². The molecule has 0 aliphatic carbocycles. The van der Waals surface area contributed by atoms with Crippen LogP contribution in [0, 0.1) is 0 Å². The second kappa shape index (κ2) is 8.01. The number of rotatable bonds is 4.